The third-order valence-corrected chi connectivity index (χ3v) is 4.39. The minimum Gasteiger partial charge on any atom is -0.482 e. The van der Waals surface area contributed by atoms with E-state index in [2.05, 4.69) is 10.9 Å². The van der Waals surface area contributed by atoms with E-state index in [9.17, 15) is 9.59 Å². The normalized spacial score (nSPS) is 14.9. The summed E-state index contributed by atoms with van der Waals surface area (Å²) >= 11 is 11.7. The number of piperidine rings is 1. The first-order valence-electron chi connectivity index (χ1n) is 8.03. The van der Waals surface area contributed by atoms with Gasteiger partial charge in [-0.25, -0.2) is 0 Å². The molecule has 0 bridgehead atoms. The third kappa shape index (κ3) is 6.55. The first-order chi connectivity index (χ1) is 11.5. The average molecular weight is 375 g/mol. The largest absolute Gasteiger partial charge is 0.482 e. The second-order valence-electron chi connectivity index (χ2n) is 5.77. The molecule has 0 aliphatic carbocycles. The van der Waals surface area contributed by atoms with Crippen LogP contribution in [0.3, 0.4) is 0 Å². The second-order valence-corrected chi connectivity index (χ2v) is 6.61. The summed E-state index contributed by atoms with van der Waals surface area (Å²) in [6, 6.07) is 4.73. The van der Waals surface area contributed by atoms with E-state index in [4.69, 9.17) is 27.9 Å². The van der Waals surface area contributed by atoms with Crippen LogP contribution >= 0.6 is 23.2 Å². The molecule has 8 heteroatoms. The van der Waals surface area contributed by atoms with Gasteiger partial charge in [-0.15, -0.1) is 0 Å². The second kappa shape index (κ2) is 9.71. The van der Waals surface area contributed by atoms with Crippen molar-refractivity contribution in [1.29, 1.82) is 0 Å². The minimum atomic E-state index is -0.459. The molecule has 0 radical (unpaired) electrons. The highest BCUT2D eigenvalue weighted by Crippen LogP contribution is 2.27. The van der Waals surface area contributed by atoms with Gasteiger partial charge in [0.2, 0.25) is 5.91 Å². The predicted molar refractivity (Wildman–Crippen MR) is 92.3 cm³/mol. The lowest BCUT2D eigenvalue weighted by Crippen LogP contribution is -3.12. The molecule has 0 saturated carbocycles. The molecule has 2 amide bonds. The Morgan fingerprint density at radius 3 is 2.50 bits per heavy atom. The summed E-state index contributed by atoms with van der Waals surface area (Å²) in [6.07, 6.45) is 4.11. The predicted octanol–water partition coefficient (Wildman–Crippen LogP) is 0.979. The number of halogens is 2. The Morgan fingerprint density at radius 2 is 1.79 bits per heavy atom. The van der Waals surface area contributed by atoms with Crippen molar-refractivity contribution in [2.24, 2.45) is 0 Å². The van der Waals surface area contributed by atoms with Crippen molar-refractivity contribution in [2.75, 3.05) is 26.2 Å². The fourth-order valence-corrected chi connectivity index (χ4v) is 3.03. The molecular formula is C16H22Cl2N3O3+. The molecule has 0 atom stereocenters. The number of hydrogen-bond acceptors (Lipinski definition) is 3. The lowest BCUT2D eigenvalue weighted by molar-refractivity contribution is -0.904. The van der Waals surface area contributed by atoms with E-state index < -0.39 is 5.91 Å². The molecule has 0 spiro atoms. The highest BCUT2D eigenvalue weighted by molar-refractivity contribution is 6.35. The van der Waals surface area contributed by atoms with Crippen LogP contribution in [0.15, 0.2) is 18.2 Å². The van der Waals surface area contributed by atoms with Crippen LogP contribution in [-0.4, -0.2) is 38.1 Å². The molecular weight excluding hydrogens is 353 g/mol. The van der Waals surface area contributed by atoms with Crippen molar-refractivity contribution in [1.82, 2.24) is 10.9 Å². The number of carbonyl (C=O) groups excluding carboxylic acids is 2. The van der Waals surface area contributed by atoms with Gasteiger partial charge in [0.05, 0.1) is 31.1 Å². The minimum absolute atomic E-state index is 0.203. The van der Waals surface area contributed by atoms with E-state index in [0.29, 0.717) is 22.2 Å². The van der Waals surface area contributed by atoms with Crippen molar-refractivity contribution >= 4 is 35.0 Å². The summed E-state index contributed by atoms with van der Waals surface area (Å²) in [5.74, 6) is -0.304. The maximum Gasteiger partial charge on any atom is 0.276 e. The molecule has 6 nitrogen and oxygen atoms in total. The molecule has 1 saturated heterocycles. The zero-order chi connectivity index (χ0) is 17.4. The maximum atomic E-state index is 11.7. The van der Waals surface area contributed by atoms with Crippen LogP contribution in [-0.2, 0) is 9.59 Å². The molecule has 2 rings (SSSR count). The van der Waals surface area contributed by atoms with Gasteiger partial charge in [0, 0.05) is 5.02 Å². The summed E-state index contributed by atoms with van der Waals surface area (Å²) in [5.41, 5.74) is 4.73. The van der Waals surface area contributed by atoms with Crippen molar-refractivity contribution < 1.29 is 19.2 Å². The van der Waals surface area contributed by atoms with Crippen molar-refractivity contribution in [2.45, 2.75) is 25.7 Å². The summed E-state index contributed by atoms with van der Waals surface area (Å²) in [6.45, 7) is 2.78. The van der Waals surface area contributed by atoms with Crippen molar-refractivity contribution in [3.63, 3.8) is 0 Å². The van der Waals surface area contributed by atoms with Crippen LogP contribution in [0, 0.1) is 0 Å². The Morgan fingerprint density at radius 1 is 1.08 bits per heavy atom. The number of benzene rings is 1. The van der Waals surface area contributed by atoms with Crippen molar-refractivity contribution in [3.8, 4) is 5.75 Å². The van der Waals surface area contributed by atoms with Crippen LogP contribution in [0.2, 0.25) is 10.0 Å². The molecule has 1 aliphatic heterocycles. The smallest absolute Gasteiger partial charge is 0.276 e. The number of ether oxygens (including phenoxy) is 1. The van der Waals surface area contributed by atoms with Crippen LogP contribution < -0.4 is 20.5 Å². The number of carbonyl (C=O) groups is 2. The van der Waals surface area contributed by atoms with Crippen LogP contribution in [0.1, 0.15) is 25.7 Å². The van der Waals surface area contributed by atoms with E-state index in [1.807, 2.05) is 0 Å². The Hall–Kier alpha value is -1.50. The molecule has 1 aliphatic rings. The van der Waals surface area contributed by atoms with Gasteiger partial charge in [-0.05, 0) is 37.5 Å². The van der Waals surface area contributed by atoms with Crippen LogP contribution in [0.5, 0.6) is 5.75 Å². The van der Waals surface area contributed by atoms with Gasteiger partial charge in [0.1, 0.15) is 5.75 Å². The molecule has 0 unspecified atom stereocenters. The first-order valence-corrected chi connectivity index (χ1v) is 8.79. The molecule has 1 fully saturated rings. The number of likely N-dealkylation sites (tertiary alicyclic amines) is 1. The van der Waals surface area contributed by atoms with Gasteiger partial charge < -0.3 is 9.64 Å². The Bertz CT molecular complexity index is 578. The number of hydrazine groups is 1. The molecule has 0 aromatic heterocycles. The number of nitrogens with one attached hydrogen (secondary N) is 3. The Kier molecular flexibility index (Phi) is 7.62. The van der Waals surface area contributed by atoms with Gasteiger partial charge in [0.15, 0.2) is 6.61 Å². The van der Waals surface area contributed by atoms with E-state index in [1.54, 1.807) is 12.1 Å². The third-order valence-electron chi connectivity index (χ3n) is 3.86. The first kappa shape index (κ1) is 18.8. The maximum absolute atomic E-state index is 11.7. The van der Waals surface area contributed by atoms with Gasteiger partial charge >= 0.3 is 0 Å². The fraction of sp³-hybridized carbons (Fsp3) is 0.500. The summed E-state index contributed by atoms with van der Waals surface area (Å²) < 4.78 is 5.28. The SMILES string of the molecule is O=C(CC[NH+]1CCCCC1)NNC(=O)COc1ccc(Cl)cc1Cl. The monoisotopic (exact) mass is 374 g/mol. The lowest BCUT2D eigenvalue weighted by atomic mass is 10.1. The molecule has 24 heavy (non-hydrogen) atoms. The van der Waals surface area contributed by atoms with Crippen LogP contribution in [0.4, 0.5) is 0 Å². The Labute approximate surface area is 151 Å². The zero-order valence-corrected chi connectivity index (χ0v) is 14.9. The summed E-state index contributed by atoms with van der Waals surface area (Å²) in [4.78, 5) is 24.9. The van der Waals surface area contributed by atoms with E-state index in [1.165, 1.54) is 30.2 Å². The molecule has 1 heterocycles. The molecule has 1 aromatic rings. The van der Waals surface area contributed by atoms with Crippen molar-refractivity contribution in [3.05, 3.63) is 28.2 Å². The summed E-state index contributed by atoms with van der Waals surface area (Å²) in [7, 11) is 0. The van der Waals surface area contributed by atoms with E-state index in [-0.39, 0.29) is 12.5 Å². The van der Waals surface area contributed by atoms with E-state index >= 15 is 0 Å². The number of rotatable bonds is 6. The van der Waals surface area contributed by atoms with Crippen LogP contribution in [0.25, 0.3) is 0 Å². The van der Waals surface area contributed by atoms with E-state index in [0.717, 1.165) is 19.6 Å². The quantitative estimate of drug-likeness (QED) is 0.650. The van der Waals surface area contributed by atoms with Gasteiger partial charge in [-0.1, -0.05) is 23.2 Å². The number of quaternary nitrogens is 1. The topological polar surface area (TPSA) is 71.9 Å². The highest BCUT2D eigenvalue weighted by atomic mass is 35.5. The Balaban J connectivity index is 1.62. The number of amides is 2. The molecule has 132 valence electrons. The van der Waals surface area contributed by atoms with Gasteiger partial charge in [-0.2, -0.15) is 0 Å². The zero-order valence-electron chi connectivity index (χ0n) is 13.4. The fourth-order valence-electron chi connectivity index (χ4n) is 2.57. The number of hydrogen-bond donors (Lipinski definition) is 3. The molecule has 1 aromatic carbocycles. The van der Waals surface area contributed by atoms with Gasteiger partial charge in [-0.3, -0.25) is 20.4 Å². The molecule has 3 N–H and O–H groups in total. The summed E-state index contributed by atoms with van der Waals surface area (Å²) in [5, 5.41) is 0.809. The van der Waals surface area contributed by atoms with Gasteiger partial charge in [0.25, 0.3) is 5.91 Å². The lowest BCUT2D eigenvalue weighted by Gasteiger charge is -2.23. The highest BCUT2D eigenvalue weighted by Gasteiger charge is 2.15. The standard InChI is InChI=1S/C16H21Cl2N3O3/c17-12-4-5-14(13(18)10-12)24-11-16(23)20-19-15(22)6-9-21-7-2-1-3-8-21/h4-5,10H,1-3,6-9,11H2,(H,19,22)(H,20,23)/p+1. The average Bonchev–Trinajstić information content (AvgIpc) is 2.58.